The average molecular weight is 976 g/mol. The zero-order valence-electron chi connectivity index (χ0n) is 44.7. The second-order valence-corrected chi connectivity index (χ2v) is 22.5. The van der Waals surface area contributed by atoms with Gasteiger partial charge in [0.25, 0.3) is 0 Å². The van der Waals surface area contributed by atoms with Crippen molar-refractivity contribution >= 4 is 17.1 Å². The lowest BCUT2D eigenvalue weighted by Gasteiger charge is -2.45. The molecular formula is C71H65N3O. The Balaban J connectivity index is 1.06. The summed E-state index contributed by atoms with van der Waals surface area (Å²) in [6.07, 6.45) is 3.88. The molecule has 10 aromatic rings. The van der Waals surface area contributed by atoms with Crippen molar-refractivity contribution in [2.45, 2.75) is 84.5 Å². The van der Waals surface area contributed by atoms with Gasteiger partial charge in [-0.1, -0.05) is 181 Å². The van der Waals surface area contributed by atoms with Crippen LogP contribution in [0.4, 0.5) is 17.1 Å². The average Bonchev–Trinajstić information content (AvgIpc) is 3.40. The Labute approximate surface area is 444 Å². The summed E-state index contributed by atoms with van der Waals surface area (Å²) >= 11 is 0. The standard InChI is InChI=1S/C71H65N3O/c1-47-40-48(2)67(49(3)41-47)54-42-53(63-45-52(37-39-72-63)68(50-29-33-55(34-30-50)69(4,5)6)51-31-35-56(36-32-51)70(7,8)9)43-60(44-54)75-59-23-19-20-57(46-59)71(66-28-17-18-38-73-66)61-24-13-15-26-64(61)74(58-21-11-10-12-22-58)65-27-16-14-25-62(65)71/h10-46,68H,1-9H3. The Hall–Kier alpha value is -8.34. The van der Waals surface area contributed by atoms with Gasteiger partial charge in [-0.2, -0.15) is 0 Å². The SMILES string of the molecule is Cc1cc(C)c(-c2cc(Oc3cccc(C4(c5ccccn5)c5ccccc5N(c5ccccc5)c5ccccc54)c3)cc(-c3cc(C(c4ccc(C(C)(C)C)cc4)c4ccc(C(C)(C)C)cc4)ccn3)c2)c(C)c1. The highest BCUT2D eigenvalue weighted by Gasteiger charge is 2.47. The van der Waals surface area contributed by atoms with Crippen LogP contribution in [0.15, 0.2) is 225 Å². The quantitative estimate of drug-likeness (QED) is 0.137. The van der Waals surface area contributed by atoms with Crippen molar-refractivity contribution in [3.63, 3.8) is 0 Å². The number of aromatic nitrogens is 2. The molecule has 0 amide bonds. The first-order valence-corrected chi connectivity index (χ1v) is 26.3. The van der Waals surface area contributed by atoms with Crippen molar-refractivity contribution in [3.05, 3.63) is 292 Å². The highest BCUT2D eigenvalue weighted by molar-refractivity contribution is 5.89. The van der Waals surface area contributed by atoms with Crippen LogP contribution in [0, 0.1) is 20.8 Å². The van der Waals surface area contributed by atoms with E-state index in [4.69, 9.17) is 14.7 Å². The molecule has 1 aliphatic heterocycles. The van der Waals surface area contributed by atoms with Crippen molar-refractivity contribution in [1.82, 2.24) is 9.97 Å². The van der Waals surface area contributed by atoms with Crippen LogP contribution >= 0.6 is 0 Å². The van der Waals surface area contributed by atoms with Gasteiger partial charge in [-0.05, 0) is 177 Å². The largest absolute Gasteiger partial charge is 0.457 e. The minimum Gasteiger partial charge on any atom is -0.457 e. The van der Waals surface area contributed by atoms with Crippen molar-refractivity contribution in [1.29, 1.82) is 0 Å². The van der Waals surface area contributed by atoms with Gasteiger partial charge in [0.15, 0.2) is 0 Å². The zero-order valence-corrected chi connectivity index (χ0v) is 44.7. The first kappa shape index (κ1) is 48.9. The smallest absolute Gasteiger partial charge is 0.128 e. The lowest BCUT2D eigenvalue weighted by atomic mass is 9.64. The summed E-state index contributed by atoms with van der Waals surface area (Å²) < 4.78 is 7.22. The fourth-order valence-electron chi connectivity index (χ4n) is 11.6. The molecule has 0 saturated carbocycles. The number of rotatable bonds is 10. The number of nitrogens with zero attached hydrogens (tertiary/aromatic N) is 3. The van der Waals surface area contributed by atoms with Gasteiger partial charge in [-0.3, -0.25) is 9.97 Å². The molecule has 4 nitrogen and oxygen atoms in total. The van der Waals surface area contributed by atoms with Crippen LogP contribution in [-0.4, -0.2) is 9.97 Å². The maximum Gasteiger partial charge on any atom is 0.128 e. The van der Waals surface area contributed by atoms with Gasteiger partial charge in [0, 0.05) is 29.6 Å². The van der Waals surface area contributed by atoms with Crippen molar-refractivity contribution in [3.8, 4) is 33.9 Å². The summed E-state index contributed by atoms with van der Waals surface area (Å²) in [6, 6.07) is 77.2. The van der Waals surface area contributed by atoms with Crippen molar-refractivity contribution < 1.29 is 4.74 Å². The van der Waals surface area contributed by atoms with Crippen LogP contribution in [0.3, 0.4) is 0 Å². The third-order valence-electron chi connectivity index (χ3n) is 15.2. The van der Waals surface area contributed by atoms with Gasteiger partial charge < -0.3 is 9.64 Å². The van der Waals surface area contributed by atoms with Gasteiger partial charge in [-0.15, -0.1) is 0 Å². The number of fused-ring (bicyclic) bond motifs is 2. The maximum atomic E-state index is 7.22. The molecule has 0 N–H and O–H groups in total. The molecule has 0 bridgehead atoms. The Morgan fingerprint density at radius 1 is 0.453 bits per heavy atom. The van der Waals surface area contributed by atoms with E-state index < -0.39 is 5.41 Å². The minimum absolute atomic E-state index is 0.0146. The fourth-order valence-corrected chi connectivity index (χ4v) is 11.6. The summed E-state index contributed by atoms with van der Waals surface area (Å²) in [4.78, 5) is 12.7. The molecule has 370 valence electrons. The number of hydrogen-bond donors (Lipinski definition) is 0. The van der Waals surface area contributed by atoms with E-state index in [1.165, 1.54) is 50.1 Å². The van der Waals surface area contributed by atoms with Crippen molar-refractivity contribution in [2.75, 3.05) is 4.90 Å². The predicted molar refractivity (Wildman–Crippen MR) is 311 cm³/mol. The Bertz CT molecular complexity index is 3550. The number of anilines is 3. The van der Waals surface area contributed by atoms with Crippen LogP contribution < -0.4 is 9.64 Å². The monoisotopic (exact) mass is 976 g/mol. The van der Waals surface area contributed by atoms with E-state index in [-0.39, 0.29) is 16.7 Å². The molecule has 0 radical (unpaired) electrons. The minimum atomic E-state index is -0.788. The molecule has 4 heteroatoms. The third-order valence-corrected chi connectivity index (χ3v) is 15.2. The molecule has 3 heterocycles. The van der Waals surface area contributed by atoms with Gasteiger partial charge in [-0.25, -0.2) is 0 Å². The number of ether oxygens (including phenoxy) is 1. The topological polar surface area (TPSA) is 38.2 Å². The van der Waals surface area contributed by atoms with Gasteiger partial charge in [0.2, 0.25) is 0 Å². The Morgan fingerprint density at radius 3 is 1.61 bits per heavy atom. The normalized spacial score (nSPS) is 13.1. The molecule has 75 heavy (non-hydrogen) atoms. The molecule has 0 unspecified atom stereocenters. The van der Waals surface area contributed by atoms with E-state index in [1.807, 2.05) is 18.5 Å². The van der Waals surface area contributed by atoms with Gasteiger partial charge in [0.1, 0.15) is 11.5 Å². The highest BCUT2D eigenvalue weighted by Crippen LogP contribution is 2.57. The molecule has 0 saturated heterocycles. The number of hydrogen-bond acceptors (Lipinski definition) is 4. The summed E-state index contributed by atoms with van der Waals surface area (Å²) in [7, 11) is 0. The zero-order chi connectivity index (χ0) is 52.1. The number of aryl methyl sites for hydroxylation is 3. The summed E-state index contributed by atoms with van der Waals surface area (Å²) in [5, 5.41) is 0. The molecule has 0 fully saturated rings. The van der Waals surface area contributed by atoms with E-state index in [0.717, 1.165) is 67.8 Å². The number of pyridine rings is 2. The van der Waals surface area contributed by atoms with Crippen LogP contribution in [0.1, 0.15) is 114 Å². The van der Waals surface area contributed by atoms with E-state index >= 15 is 0 Å². The van der Waals surface area contributed by atoms with Gasteiger partial charge in [0.05, 0.1) is 28.2 Å². The maximum absolute atomic E-state index is 7.22. The van der Waals surface area contributed by atoms with E-state index in [9.17, 15) is 0 Å². The van der Waals surface area contributed by atoms with Crippen molar-refractivity contribution in [2.24, 2.45) is 0 Å². The second-order valence-electron chi connectivity index (χ2n) is 22.5. The molecule has 1 aliphatic rings. The number of benzene rings is 8. The lowest BCUT2D eigenvalue weighted by molar-refractivity contribution is 0.481. The van der Waals surface area contributed by atoms with E-state index in [2.05, 4.69) is 273 Å². The Kier molecular flexibility index (Phi) is 12.7. The molecule has 2 aromatic heterocycles. The Morgan fingerprint density at radius 2 is 1.03 bits per heavy atom. The summed E-state index contributed by atoms with van der Waals surface area (Å²) in [6.45, 7) is 20.2. The summed E-state index contributed by atoms with van der Waals surface area (Å²) in [5.41, 5.74) is 21.0. The molecule has 11 rings (SSSR count). The van der Waals surface area contributed by atoms with E-state index in [0.29, 0.717) is 0 Å². The molecule has 0 aliphatic carbocycles. The first-order chi connectivity index (χ1) is 36.2. The molecule has 0 spiro atoms. The summed E-state index contributed by atoms with van der Waals surface area (Å²) in [5.74, 6) is 1.44. The fraction of sp³-hybridized carbons (Fsp3) is 0.183. The highest BCUT2D eigenvalue weighted by atomic mass is 16.5. The van der Waals surface area contributed by atoms with Gasteiger partial charge >= 0.3 is 0 Å². The lowest BCUT2D eigenvalue weighted by Crippen LogP contribution is -2.38. The van der Waals surface area contributed by atoms with E-state index in [1.54, 1.807) is 0 Å². The van der Waals surface area contributed by atoms with Crippen LogP contribution in [0.25, 0.3) is 22.4 Å². The van der Waals surface area contributed by atoms with Crippen LogP contribution in [0.5, 0.6) is 11.5 Å². The number of para-hydroxylation sites is 3. The second kappa shape index (κ2) is 19.5. The van der Waals surface area contributed by atoms with Crippen LogP contribution in [0.2, 0.25) is 0 Å². The first-order valence-electron chi connectivity index (χ1n) is 26.3. The molecular weight excluding hydrogens is 911 g/mol. The molecule has 0 atom stereocenters. The third kappa shape index (κ3) is 9.24. The van der Waals surface area contributed by atoms with Crippen LogP contribution in [-0.2, 0) is 16.2 Å². The predicted octanol–water partition coefficient (Wildman–Crippen LogP) is 18.5. The molecule has 8 aromatic carbocycles.